The van der Waals surface area contributed by atoms with Crippen molar-refractivity contribution in [2.24, 2.45) is 0 Å². The molecule has 5 aromatic carbocycles. The first-order valence-corrected chi connectivity index (χ1v) is 19.3. The Labute approximate surface area is 325 Å². The third-order valence-corrected chi connectivity index (χ3v) is 9.93. The monoisotopic (exact) mass is 766 g/mol. The van der Waals surface area contributed by atoms with Gasteiger partial charge in [-0.1, -0.05) is 17.7 Å². The van der Waals surface area contributed by atoms with Gasteiger partial charge >= 0.3 is 0 Å². The molecule has 56 heavy (non-hydrogen) atoms. The minimum absolute atomic E-state index is 0.178. The second-order valence-corrected chi connectivity index (χ2v) is 14.3. The maximum absolute atomic E-state index is 12.9. The van der Waals surface area contributed by atoms with Crippen molar-refractivity contribution in [3.05, 3.63) is 168 Å². The molecule has 7 rings (SSSR count). The van der Waals surface area contributed by atoms with E-state index in [1.807, 2.05) is 80.0 Å². The van der Waals surface area contributed by atoms with E-state index in [0.29, 0.717) is 33.8 Å². The van der Waals surface area contributed by atoms with Crippen LogP contribution in [0.4, 0.5) is 17.1 Å². The summed E-state index contributed by atoms with van der Waals surface area (Å²) in [5.74, 6) is -0.824. The van der Waals surface area contributed by atoms with Gasteiger partial charge in [0.05, 0.1) is 4.90 Å². The first-order valence-electron chi connectivity index (χ1n) is 17.9. The quantitative estimate of drug-likeness (QED) is 0.104. The highest BCUT2D eigenvalue weighted by Gasteiger charge is 2.14. The minimum Gasteiger partial charge on any atom is -0.744 e. The van der Waals surface area contributed by atoms with Crippen LogP contribution >= 0.6 is 0 Å². The molecule has 0 bridgehead atoms. The van der Waals surface area contributed by atoms with Crippen LogP contribution in [0.5, 0.6) is 0 Å². The van der Waals surface area contributed by atoms with E-state index in [1.165, 1.54) is 12.1 Å². The van der Waals surface area contributed by atoms with Gasteiger partial charge in [-0.05, 0) is 118 Å². The van der Waals surface area contributed by atoms with Gasteiger partial charge in [-0.25, -0.2) is 8.42 Å². The van der Waals surface area contributed by atoms with Gasteiger partial charge in [-0.2, -0.15) is 9.13 Å². The van der Waals surface area contributed by atoms with Gasteiger partial charge in [0.2, 0.25) is 11.0 Å². The number of pyridine rings is 2. The van der Waals surface area contributed by atoms with E-state index in [9.17, 15) is 27.4 Å². The van der Waals surface area contributed by atoms with Crippen LogP contribution in [0.15, 0.2) is 151 Å². The van der Waals surface area contributed by atoms with Gasteiger partial charge in [0, 0.05) is 68.8 Å². The summed E-state index contributed by atoms with van der Waals surface area (Å²) in [7, 11) is -4.27. The van der Waals surface area contributed by atoms with Crippen molar-refractivity contribution in [3.8, 4) is 0 Å². The zero-order chi connectivity index (χ0) is 39.8. The van der Waals surface area contributed by atoms with Crippen molar-refractivity contribution in [2.75, 3.05) is 16.0 Å². The topological polar surface area (TPSA) is 152 Å². The summed E-state index contributed by atoms with van der Waals surface area (Å²) in [6, 6.07) is 38.6. The number of carbonyl (C=O) groups is 3. The highest BCUT2D eigenvalue weighted by molar-refractivity contribution is 7.85. The van der Waals surface area contributed by atoms with Crippen LogP contribution in [0.25, 0.3) is 21.8 Å². The molecule has 0 atom stereocenters. The van der Waals surface area contributed by atoms with Crippen LogP contribution < -0.4 is 25.1 Å². The van der Waals surface area contributed by atoms with E-state index >= 15 is 0 Å². The summed E-state index contributed by atoms with van der Waals surface area (Å²) < 4.78 is 35.5. The van der Waals surface area contributed by atoms with E-state index in [4.69, 9.17) is 0 Å². The van der Waals surface area contributed by atoms with Crippen molar-refractivity contribution in [2.45, 2.75) is 38.8 Å². The zero-order valence-electron chi connectivity index (χ0n) is 31.0. The number of carbonyl (C=O) groups excluding carboxylic acids is 3. The maximum atomic E-state index is 12.9. The Hall–Kier alpha value is -6.76. The van der Waals surface area contributed by atoms with Gasteiger partial charge in [0.1, 0.15) is 23.2 Å². The Morgan fingerprint density at radius 1 is 0.536 bits per heavy atom. The number of rotatable bonds is 9. The highest BCUT2D eigenvalue weighted by atomic mass is 32.2. The lowest BCUT2D eigenvalue weighted by atomic mass is 10.1. The molecule has 3 N–H and O–H groups in total. The molecule has 0 aliphatic carbocycles. The molecular weight excluding hydrogens is 727 g/mol. The van der Waals surface area contributed by atoms with Crippen LogP contribution in [0.1, 0.15) is 50.5 Å². The third kappa shape index (κ3) is 9.48. The Morgan fingerprint density at radius 3 is 1.30 bits per heavy atom. The molecule has 0 saturated heterocycles. The van der Waals surface area contributed by atoms with Crippen LogP contribution in [0.3, 0.4) is 0 Å². The molecule has 7 aromatic rings. The summed E-state index contributed by atoms with van der Waals surface area (Å²) in [6.07, 6.45) is 4.06. The van der Waals surface area contributed by atoms with Crippen LogP contribution in [0, 0.1) is 6.92 Å². The second kappa shape index (κ2) is 17.1. The Kier molecular flexibility index (Phi) is 11.9. The lowest BCUT2D eigenvalue weighted by Gasteiger charge is -2.09. The lowest BCUT2D eigenvalue weighted by Crippen LogP contribution is -2.32. The standard InChI is InChI=1S/C37H31N5O3.C7H8O3S/c1-3-41-21-5-7-28-23-31(17-19-33(28)41)39-36(44)26-11-9-25(10-12-26)35(43)38-30-15-13-27(14-16-30)37(45)40-32-18-20-34-29(24-32)8-6-22-42(34)4-2;1-6-2-4-7(5-3-6)11(8,9)10/h5-24H,3-4H2,1-2H3,(H-2,38,39,40,43,44,45);2-5H,1H3,(H,8,9,10)/p+1. The molecule has 0 unspecified atom stereocenters. The highest BCUT2D eigenvalue weighted by Crippen LogP contribution is 2.20. The molecule has 0 aliphatic heterocycles. The summed E-state index contributed by atoms with van der Waals surface area (Å²) in [6.45, 7) is 7.72. The van der Waals surface area contributed by atoms with E-state index in [0.717, 1.165) is 40.5 Å². The maximum Gasteiger partial charge on any atom is 0.255 e. The van der Waals surface area contributed by atoms with Crippen LogP contribution in [-0.4, -0.2) is 30.7 Å². The van der Waals surface area contributed by atoms with E-state index < -0.39 is 10.1 Å². The van der Waals surface area contributed by atoms with E-state index in [-0.39, 0.29) is 22.6 Å². The first-order chi connectivity index (χ1) is 26.9. The number of hydrogen-bond acceptors (Lipinski definition) is 6. The molecular formula is C44H40N5O6S+. The molecule has 282 valence electrons. The number of aryl methyl sites for hydroxylation is 3. The number of hydrogen-bond donors (Lipinski definition) is 3. The van der Waals surface area contributed by atoms with Crippen molar-refractivity contribution in [3.63, 3.8) is 0 Å². The molecule has 11 nitrogen and oxygen atoms in total. The van der Waals surface area contributed by atoms with Crippen molar-refractivity contribution >= 4 is 66.7 Å². The summed E-state index contributed by atoms with van der Waals surface area (Å²) in [4.78, 5) is 38.5. The molecule has 2 aromatic heterocycles. The largest absolute Gasteiger partial charge is 0.744 e. The predicted molar refractivity (Wildman–Crippen MR) is 216 cm³/mol. The molecule has 0 aliphatic rings. The summed E-state index contributed by atoms with van der Waals surface area (Å²) in [5, 5.41) is 10.8. The van der Waals surface area contributed by atoms with Gasteiger partial charge in [-0.15, -0.1) is 0 Å². The smallest absolute Gasteiger partial charge is 0.255 e. The average Bonchev–Trinajstić information content (AvgIpc) is 3.20. The van der Waals surface area contributed by atoms with Gasteiger partial charge in [0.25, 0.3) is 17.7 Å². The van der Waals surface area contributed by atoms with Crippen molar-refractivity contribution in [1.29, 1.82) is 0 Å². The summed E-state index contributed by atoms with van der Waals surface area (Å²) >= 11 is 0. The fourth-order valence-electron chi connectivity index (χ4n) is 6.06. The average molecular weight is 767 g/mol. The Bertz CT molecular complexity index is 2660. The number of aromatic nitrogens is 2. The number of benzene rings is 5. The van der Waals surface area contributed by atoms with Crippen LogP contribution in [-0.2, 0) is 23.2 Å². The number of fused-ring (bicyclic) bond motifs is 2. The Balaban J connectivity index is 0.000000417. The van der Waals surface area contributed by atoms with Gasteiger partial charge in [-0.3, -0.25) is 14.4 Å². The number of anilines is 3. The molecule has 2 heterocycles. The van der Waals surface area contributed by atoms with Crippen molar-refractivity contribution in [1.82, 2.24) is 0 Å². The van der Waals surface area contributed by atoms with E-state index in [2.05, 4.69) is 38.9 Å². The first kappa shape index (κ1) is 38.9. The van der Waals surface area contributed by atoms with E-state index in [1.54, 1.807) is 60.7 Å². The molecule has 0 radical (unpaired) electrons. The number of nitrogens with zero attached hydrogens (tertiary/aromatic N) is 2. The molecule has 12 heteroatoms. The molecule has 3 amide bonds. The predicted octanol–water partition coefficient (Wildman–Crippen LogP) is 7.26. The van der Waals surface area contributed by atoms with Gasteiger partial charge in [0.15, 0.2) is 12.4 Å². The molecule has 0 fully saturated rings. The van der Waals surface area contributed by atoms with Crippen LogP contribution in [0.2, 0.25) is 0 Å². The second-order valence-electron chi connectivity index (χ2n) is 12.9. The normalized spacial score (nSPS) is 11.0. The van der Waals surface area contributed by atoms with Gasteiger partial charge < -0.3 is 20.5 Å². The zero-order valence-corrected chi connectivity index (χ0v) is 31.8. The fraction of sp³-hybridized carbons (Fsp3) is 0.114. The SMILES string of the molecule is CC[n+]1cccc2cc(NC(=O)c3ccc(NC(=O)c4ccc(C(=O)Nc5ccc6c(ccc[n+]6CC)c5)cc4)cc3)ccc21.Cc1ccc(S(=O)(=O)[O-])cc1. The molecule has 0 spiro atoms. The van der Waals surface area contributed by atoms with Crippen molar-refractivity contribution < 1.29 is 36.5 Å². The lowest BCUT2D eigenvalue weighted by molar-refractivity contribution is -0.668. The molecule has 0 saturated carbocycles. The number of nitrogens with one attached hydrogen (secondary N) is 3. The summed E-state index contributed by atoms with van der Waals surface area (Å²) in [5.41, 5.74) is 6.39. The third-order valence-electron chi connectivity index (χ3n) is 9.08. The number of amides is 3. The Morgan fingerprint density at radius 2 is 0.911 bits per heavy atom. The fourth-order valence-corrected chi connectivity index (χ4v) is 6.53. The minimum atomic E-state index is -4.27.